The third-order valence-corrected chi connectivity index (χ3v) is 6.89. The van der Waals surface area contributed by atoms with Gasteiger partial charge in [0.25, 0.3) is 0 Å². The second-order valence-corrected chi connectivity index (χ2v) is 8.41. The summed E-state index contributed by atoms with van der Waals surface area (Å²) >= 11 is 0. The maximum Gasteiger partial charge on any atom is 0.211 e. The molecule has 3 aliphatic rings. The summed E-state index contributed by atoms with van der Waals surface area (Å²) in [6.07, 6.45) is 0. The summed E-state index contributed by atoms with van der Waals surface area (Å²) in [5.74, 6) is -0.0655. The number of oxime groups is 2. The van der Waals surface area contributed by atoms with Gasteiger partial charge >= 0.3 is 0 Å². The molecular weight excluding hydrogens is 435 g/mol. The number of carbonyl (C=O) groups excluding carboxylic acids is 2. The second-order valence-electron chi connectivity index (χ2n) is 8.41. The number of amidine groups is 2. The molecule has 0 aromatic heterocycles. The van der Waals surface area contributed by atoms with Gasteiger partial charge in [0.2, 0.25) is 11.7 Å². The van der Waals surface area contributed by atoms with E-state index in [0.29, 0.717) is 0 Å². The summed E-state index contributed by atoms with van der Waals surface area (Å²) in [5, 5.41) is 24.6. The second kappa shape index (κ2) is 10.6. The van der Waals surface area contributed by atoms with Crippen LogP contribution in [0.2, 0.25) is 0 Å². The van der Waals surface area contributed by atoms with E-state index in [9.17, 15) is 9.59 Å². The highest BCUT2D eigenvalue weighted by Gasteiger charge is 2.46. The van der Waals surface area contributed by atoms with Crippen molar-refractivity contribution in [1.29, 1.82) is 0 Å². The molecule has 12 heteroatoms. The quantitative estimate of drug-likeness (QED) is 0.138. The minimum absolute atomic E-state index is 0. The number of piperazine rings is 3. The first-order chi connectivity index (χ1) is 13.3. The first-order valence-electron chi connectivity index (χ1n) is 10.00. The zero-order valence-electron chi connectivity index (χ0n) is 17.6. The average molecular weight is 467 g/mol. The first-order valence-corrected chi connectivity index (χ1v) is 10.00. The van der Waals surface area contributed by atoms with Gasteiger partial charge in [-0.2, -0.15) is 0 Å². The van der Waals surface area contributed by atoms with Crippen molar-refractivity contribution >= 4 is 23.2 Å². The van der Waals surface area contributed by atoms with Gasteiger partial charge in [-0.05, 0) is 0 Å². The molecule has 3 saturated heterocycles. The van der Waals surface area contributed by atoms with Crippen molar-refractivity contribution in [2.24, 2.45) is 10.3 Å². The van der Waals surface area contributed by atoms with Gasteiger partial charge in [0, 0.05) is 13.8 Å². The molecule has 3 rings (SSSR count). The zero-order chi connectivity index (χ0) is 20.4. The number of quaternary nitrogens is 2. The number of halogens is 2. The molecular formula is C18H32Cl2N6O4. The standard InChI is InChI=1S/C18H30N6O4.2ClH/c1-15(25)17(19-27)21-3-7-23(8-4-21)11-13-24(14-12-23)9-5-22(6-10-24)18(20-28)16(2)26;;/h3-14H2,1-2H3;2*1H. The van der Waals surface area contributed by atoms with Crippen molar-refractivity contribution in [2.75, 3.05) is 78.5 Å². The largest absolute Gasteiger partial charge is 1.00 e. The Kier molecular flexibility index (Phi) is 9.34. The van der Waals surface area contributed by atoms with Crippen LogP contribution >= 0.6 is 0 Å². The number of hydrogen-bond acceptors (Lipinski definition) is 6. The van der Waals surface area contributed by atoms with Crippen LogP contribution in [-0.4, -0.2) is 131 Å². The average Bonchev–Trinajstić information content (AvgIpc) is 2.68. The number of nitrogens with zero attached hydrogens (tertiary/aromatic N) is 6. The fraction of sp³-hybridized carbons (Fsp3) is 0.778. The maximum absolute atomic E-state index is 11.6. The van der Waals surface area contributed by atoms with Crippen molar-refractivity contribution in [2.45, 2.75) is 13.8 Å². The molecule has 0 saturated carbocycles. The molecule has 3 heterocycles. The van der Waals surface area contributed by atoms with E-state index < -0.39 is 0 Å². The maximum atomic E-state index is 11.6. The predicted octanol–water partition coefficient (Wildman–Crippen LogP) is -6.97. The van der Waals surface area contributed by atoms with Crippen molar-refractivity contribution < 1.29 is 53.8 Å². The van der Waals surface area contributed by atoms with Crippen LogP contribution in [0.25, 0.3) is 0 Å². The van der Waals surface area contributed by atoms with Crippen molar-refractivity contribution in [3.05, 3.63) is 0 Å². The smallest absolute Gasteiger partial charge is 0.211 e. The molecule has 0 aromatic carbocycles. The molecule has 0 unspecified atom stereocenters. The third-order valence-electron chi connectivity index (χ3n) is 6.89. The number of hydrogen-bond donors (Lipinski definition) is 2. The SMILES string of the molecule is CC(=O)/C(=N/O)N1CC[N+]2(CC1)CC[N+]1(CCN(/C(=N\O)C(C)=O)CC1)CC2.[Cl-].[Cl-]. The third kappa shape index (κ3) is 5.35. The Balaban J connectivity index is 0.00000225. The van der Waals surface area contributed by atoms with Gasteiger partial charge in [0.1, 0.15) is 26.2 Å². The van der Waals surface area contributed by atoms with Crippen LogP contribution in [0.4, 0.5) is 0 Å². The van der Waals surface area contributed by atoms with E-state index in [1.807, 2.05) is 9.80 Å². The molecule has 2 spiro atoms. The fourth-order valence-corrected chi connectivity index (χ4v) is 4.88. The van der Waals surface area contributed by atoms with Crippen molar-refractivity contribution in [1.82, 2.24) is 9.80 Å². The van der Waals surface area contributed by atoms with Crippen LogP contribution in [0.5, 0.6) is 0 Å². The minimum atomic E-state index is -0.201. The molecule has 0 aliphatic carbocycles. The molecule has 0 aromatic rings. The highest BCUT2D eigenvalue weighted by Crippen LogP contribution is 2.24. The Bertz CT molecular complexity index is 616. The van der Waals surface area contributed by atoms with Crippen LogP contribution in [0.3, 0.4) is 0 Å². The highest BCUT2D eigenvalue weighted by molar-refractivity contribution is 6.38. The van der Waals surface area contributed by atoms with Crippen molar-refractivity contribution in [3.63, 3.8) is 0 Å². The summed E-state index contributed by atoms with van der Waals surface area (Å²) in [6.45, 7) is 14.1. The minimum Gasteiger partial charge on any atom is -1.00 e. The van der Waals surface area contributed by atoms with E-state index in [1.54, 1.807) is 0 Å². The van der Waals surface area contributed by atoms with Gasteiger partial charge < -0.3 is 54.0 Å². The summed E-state index contributed by atoms with van der Waals surface area (Å²) in [7, 11) is 0. The Hall–Kier alpha value is -1.62. The van der Waals surface area contributed by atoms with Crippen LogP contribution in [0, 0.1) is 0 Å². The van der Waals surface area contributed by atoms with Crippen LogP contribution in [0.15, 0.2) is 10.3 Å². The van der Waals surface area contributed by atoms with Crippen LogP contribution < -0.4 is 24.8 Å². The van der Waals surface area contributed by atoms with Crippen LogP contribution in [-0.2, 0) is 9.59 Å². The monoisotopic (exact) mass is 466 g/mol. The van der Waals surface area contributed by atoms with E-state index in [-0.39, 0.29) is 48.1 Å². The highest BCUT2D eigenvalue weighted by atomic mass is 35.5. The molecule has 0 radical (unpaired) electrons. The molecule has 2 N–H and O–H groups in total. The lowest BCUT2D eigenvalue weighted by Crippen LogP contribution is -3.00. The van der Waals surface area contributed by atoms with E-state index in [4.69, 9.17) is 10.4 Å². The summed E-state index contributed by atoms with van der Waals surface area (Å²) < 4.78 is 2.13. The lowest BCUT2D eigenvalue weighted by molar-refractivity contribution is -1.03. The van der Waals surface area contributed by atoms with Gasteiger partial charge in [-0.1, -0.05) is 10.3 Å². The lowest BCUT2D eigenvalue weighted by Gasteiger charge is -2.54. The van der Waals surface area contributed by atoms with Gasteiger partial charge in [-0.25, -0.2) is 0 Å². The Morgan fingerprint density at radius 3 is 1.10 bits per heavy atom. The van der Waals surface area contributed by atoms with Crippen LogP contribution in [0.1, 0.15) is 13.8 Å². The molecule has 3 fully saturated rings. The van der Waals surface area contributed by atoms with Gasteiger partial charge in [0.15, 0.2) is 11.6 Å². The number of rotatable bonds is 2. The van der Waals surface area contributed by atoms with Gasteiger partial charge in [0.05, 0.1) is 52.4 Å². The lowest BCUT2D eigenvalue weighted by atomic mass is 10.1. The van der Waals surface area contributed by atoms with Gasteiger partial charge in [-0.3, -0.25) is 9.59 Å². The fourth-order valence-electron chi connectivity index (χ4n) is 4.88. The molecule has 10 nitrogen and oxygen atoms in total. The van der Waals surface area contributed by atoms with E-state index in [0.717, 1.165) is 87.5 Å². The Morgan fingerprint density at radius 1 is 0.633 bits per heavy atom. The molecule has 0 atom stereocenters. The number of ketones is 2. The van der Waals surface area contributed by atoms with E-state index >= 15 is 0 Å². The normalized spacial score (nSPS) is 23.5. The first kappa shape index (κ1) is 26.4. The molecule has 0 amide bonds. The summed E-state index contributed by atoms with van der Waals surface area (Å²) in [5.41, 5.74) is 0. The summed E-state index contributed by atoms with van der Waals surface area (Å²) in [4.78, 5) is 27.0. The van der Waals surface area contributed by atoms with Gasteiger partial charge in [-0.15, -0.1) is 0 Å². The van der Waals surface area contributed by atoms with E-state index in [1.165, 1.54) is 13.8 Å². The molecule has 3 aliphatic heterocycles. The predicted molar refractivity (Wildman–Crippen MR) is 102 cm³/mol. The molecule has 172 valence electrons. The zero-order valence-corrected chi connectivity index (χ0v) is 19.1. The van der Waals surface area contributed by atoms with Crippen molar-refractivity contribution in [3.8, 4) is 0 Å². The number of Topliss-reactive ketones (excluding diaryl/α,β-unsaturated/α-hetero) is 2. The summed E-state index contributed by atoms with van der Waals surface area (Å²) in [6, 6.07) is 0. The molecule has 30 heavy (non-hydrogen) atoms. The molecule has 0 bridgehead atoms. The topological polar surface area (TPSA) is 106 Å². The Morgan fingerprint density at radius 2 is 0.900 bits per heavy atom. The number of carbonyl (C=O) groups is 2. The Labute approximate surface area is 189 Å². The van der Waals surface area contributed by atoms with E-state index in [2.05, 4.69) is 10.3 Å².